The molecule has 0 saturated heterocycles. The topological polar surface area (TPSA) is 51.8 Å². The third-order valence-electron chi connectivity index (χ3n) is 9.48. The summed E-state index contributed by atoms with van der Waals surface area (Å²) in [6.45, 7) is 0. The number of hydrogen-bond acceptors (Lipinski definition) is 4. The van der Waals surface area contributed by atoms with E-state index >= 15 is 0 Å². The Labute approximate surface area is 282 Å². The number of benzene rings is 8. The number of rotatable bonds is 4. The van der Waals surface area contributed by atoms with E-state index in [2.05, 4.69) is 97.1 Å². The number of para-hydroxylation sites is 1. The van der Waals surface area contributed by atoms with Gasteiger partial charge in [0.1, 0.15) is 11.2 Å². The van der Waals surface area contributed by atoms with Gasteiger partial charge < -0.3 is 4.42 Å². The molecule has 0 aliphatic rings. The van der Waals surface area contributed by atoms with Crippen LogP contribution in [0.3, 0.4) is 0 Å². The number of fused-ring (bicyclic) bond motifs is 7. The smallest absolute Gasteiger partial charge is 0.167 e. The van der Waals surface area contributed by atoms with E-state index in [0.29, 0.717) is 17.5 Å². The summed E-state index contributed by atoms with van der Waals surface area (Å²) < 4.78 is 7.00. The Morgan fingerprint density at radius 3 is 1.65 bits per heavy atom. The maximum atomic E-state index is 7.00. The third kappa shape index (κ3) is 4.49. The summed E-state index contributed by atoms with van der Waals surface area (Å²) in [5.74, 6) is 1.81. The van der Waals surface area contributed by atoms with Crippen LogP contribution in [0.1, 0.15) is 0 Å². The summed E-state index contributed by atoms with van der Waals surface area (Å²) in [4.78, 5) is 15.0. The molecule has 4 heteroatoms. The largest absolute Gasteiger partial charge is 0.455 e. The lowest BCUT2D eigenvalue weighted by Crippen LogP contribution is -2.00. The van der Waals surface area contributed by atoms with Crippen molar-refractivity contribution in [3.8, 4) is 45.3 Å². The lowest BCUT2D eigenvalue weighted by Gasteiger charge is -2.11. The van der Waals surface area contributed by atoms with Crippen LogP contribution in [0.25, 0.3) is 99.5 Å². The number of nitrogens with zero attached hydrogens (tertiary/aromatic N) is 3. The van der Waals surface area contributed by atoms with Crippen molar-refractivity contribution in [2.75, 3.05) is 0 Å². The van der Waals surface area contributed by atoms with Crippen LogP contribution in [0.15, 0.2) is 168 Å². The molecular weight excluding hydrogens is 599 g/mol. The molecule has 8 aromatic carbocycles. The molecule has 0 unspecified atom stereocenters. The maximum Gasteiger partial charge on any atom is 0.167 e. The van der Waals surface area contributed by atoms with Crippen LogP contribution < -0.4 is 0 Å². The van der Waals surface area contributed by atoms with E-state index in [9.17, 15) is 0 Å². The Morgan fingerprint density at radius 1 is 0.327 bits per heavy atom. The molecule has 228 valence electrons. The lowest BCUT2D eigenvalue weighted by molar-refractivity contribution is 0.671. The first kappa shape index (κ1) is 27.5. The predicted octanol–water partition coefficient (Wildman–Crippen LogP) is 11.9. The van der Waals surface area contributed by atoms with Crippen LogP contribution in [0, 0.1) is 0 Å². The molecule has 0 fully saturated rings. The molecule has 10 rings (SSSR count). The monoisotopic (exact) mass is 625 g/mol. The Bertz CT molecular complexity index is 2820. The van der Waals surface area contributed by atoms with Gasteiger partial charge in [-0.1, -0.05) is 146 Å². The minimum Gasteiger partial charge on any atom is -0.455 e. The molecule has 2 aromatic heterocycles. The fourth-order valence-corrected chi connectivity index (χ4v) is 7.16. The second kappa shape index (κ2) is 11.0. The molecule has 10 aromatic rings. The molecule has 4 nitrogen and oxygen atoms in total. The van der Waals surface area contributed by atoms with Gasteiger partial charge in [-0.2, -0.15) is 0 Å². The Kier molecular flexibility index (Phi) is 6.15. The second-order valence-corrected chi connectivity index (χ2v) is 12.4. The third-order valence-corrected chi connectivity index (χ3v) is 9.48. The van der Waals surface area contributed by atoms with E-state index in [-0.39, 0.29) is 0 Å². The van der Waals surface area contributed by atoms with Gasteiger partial charge in [0.15, 0.2) is 17.5 Å². The van der Waals surface area contributed by atoms with Gasteiger partial charge in [-0.15, -0.1) is 0 Å². The summed E-state index contributed by atoms with van der Waals surface area (Å²) in [7, 11) is 0. The molecule has 2 heterocycles. The van der Waals surface area contributed by atoms with Gasteiger partial charge in [0.25, 0.3) is 0 Å². The van der Waals surface area contributed by atoms with E-state index in [1.807, 2.05) is 66.7 Å². The Hall–Kier alpha value is -6.65. The highest BCUT2D eigenvalue weighted by atomic mass is 16.3. The van der Waals surface area contributed by atoms with Crippen molar-refractivity contribution in [1.82, 2.24) is 15.0 Å². The molecule has 0 N–H and O–H groups in total. The van der Waals surface area contributed by atoms with E-state index in [4.69, 9.17) is 19.4 Å². The molecule has 49 heavy (non-hydrogen) atoms. The standard InChI is InChI=1S/C45H27N3O/c1-3-13-29(14-4-1)43-46-44(30-15-5-2-6-16-30)48-45(47-43)38-21-11-20-37-39-27-31-17-8-10-19-36(31)40(42(39)49-41(37)38)33-24-25-35-32(26-33)23-22-28-12-7-9-18-34(28)35/h1-27H. The first-order chi connectivity index (χ1) is 24.3. The van der Waals surface area contributed by atoms with Gasteiger partial charge in [0, 0.05) is 27.5 Å². The molecular formula is C45H27N3O. The van der Waals surface area contributed by atoms with E-state index in [1.54, 1.807) is 0 Å². The highest BCUT2D eigenvalue weighted by Gasteiger charge is 2.21. The number of furan rings is 1. The minimum atomic E-state index is 0.570. The Balaban J connectivity index is 1.24. The quantitative estimate of drug-likeness (QED) is 0.183. The summed E-state index contributed by atoms with van der Waals surface area (Å²) in [5.41, 5.74) is 6.48. The van der Waals surface area contributed by atoms with Gasteiger partial charge in [0.05, 0.1) is 5.56 Å². The summed E-state index contributed by atoms with van der Waals surface area (Å²) >= 11 is 0. The summed E-state index contributed by atoms with van der Waals surface area (Å²) in [5, 5.41) is 9.32. The maximum absolute atomic E-state index is 7.00. The molecule has 0 atom stereocenters. The Morgan fingerprint density at radius 2 is 0.898 bits per heavy atom. The zero-order chi connectivity index (χ0) is 32.3. The zero-order valence-corrected chi connectivity index (χ0v) is 26.3. The van der Waals surface area contributed by atoms with E-state index < -0.39 is 0 Å². The molecule has 0 saturated carbocycles. The van der Waals surface area contributed by atoms with Crippen molar-refractivity contribution in [3.05, 3.63) is 164 Å². The van der Waals surface area contributed by atoms with Crippen molar-refractivity contribution < 1.29 is 4.42 Å². The van der Waals surface area contributed by atoms with Gasteiger partial charge >= 0.3 is 0 Å². The van der Waals surface area contributed by atoms with Gasteiger partial charge in [0.2, 0.25) is 0 Å². The van der Waals surface area contributed by atoms with Crippen LogP contribution in [0.2, 0.25) is 0 Å². The van der Waals surface area contributed by atoms with E-state index in [0.717, 1.165) is 60.5 Å². The predicted molar refractivity (Wildman–Crippen MR) is 201 cm³/mol. The lowest BCUT2D eigenvalue weighted by atomic mass is 9.92. The van der Waals surface area contributed by atoms with Crippen molar-refractivity contribution in [1.29, 1.82) is 0 Å². The van der Waals surface area contributed by atoms with Crippen molar-refractivity contribution >= 4 is 54.3 Å². The fraction of sp³-hybridized carbons (Fsp3) is 0. The van der Waals surface area contributed by atoms with Crippen LogP contribution in [-0.4, -0.2) is 15.0 Å². The van der Waals surface area contributed by atoms with Gasteiger partial charge in [-0.25, -0.2) is 15.0 Å². The zero-order valence-electron chi connectivity index (χ0n) is 26.3. The molecule has 0 bridgehead atoms. The van der Waals surface area contributed by atoms with Crippen LogP contribution >= 0.6 is 0 Å². The normalized spacial score (nSPS) is 11.7. The second-order valence-electron chi connectivity index (χ2n) is 12.4. The molecule has 0 aliphatic carbocycles. The average Bonchev–Trinajstić information content (AvgIpc) is 3.55. The first-order valence-electron chi connectivity index (χ1n) is 16.4. The fourth-order valence-electron chi connectivity index (χ4n) is 7.16. The molecule has 0 radical (unpaired) electrons. The first-order valence-corrected chi connectivity index (χ1v) is 16.4. The van der Waals surface area contributed by atoms with Crippen molar-refractivity contribution in [2.45, 2.75) is 0 Å². The molecule has 0 aliphatic heterocycles. The van der Waals surface area contributed by atoms with Crippen molar-refractivity contribution in [3.63, 3.8) is 0 Å². The van der Waals surface area contributed by atoms with E-state index in [1.165, 1.54) is 21.5 Å². The average molecular weight is 626 g/mol. The van der Waals surface area contributed by atoms with Crippen molar-refractivity contribution in [2.24, 2.45) is 0 Å². The van der Waals surface area contributed by atoms with Crippen LogP contribution in [0.4, 0.5) is 0 Å². The highest BCUT2D eigenvalue weighted by molar-refractivity contribution is 6.20. The van der Waals surface area contributed by atoms with Crippen LogP contribution in [0.5, 0.6) is 0 Å². The van der Waals surface area contributed by atoms with Gasteiger partial charge in [-0.3, -0.25) is 0 Å². The molecule has 0 amide bonds. The molecule has 0 spiro atoms. The summed E-state index contributed by atoms with van der Waals surface area (Å²) in [6.07, 6.45) is 0. The summed E-state index contributed by atoms with van der Waals surface area (Å²) in [6, 6.07) is 56.9. The SMILES string of the molecule is c1ccc(-c2nc(-c3ccccc3)nc(-c3cccc4c3oc3c(-c5ccc6c(ccc7ccccc76)c5)c5ccccc5cc34)n2)cc1. The van der Waals surface area contributed by atoms with Gasteiger partial charge in [-0.05, 0) is 56.1 Å². The number of aromatic nitrogens is 3. The highest BCUT2D eigenvalue weighted by Crippen LogP contribution is 2.44. The van der Waals surface area contributed by atoms with Crippen LogP contribution in [-0.2, 0) is 0 Å². The minimum absolute atomic E-state index is 0.570. The number of hydrogen-bond donors (Lipinski definition) is 0.